The molecule has 0 fully saturated rings. The lowest BCUT2D eigenvalue weighted by Crippen LogP contribution is -2.54. The summed E-state index contributed by atoms with van der Waals surface area (Å²) in [6.45, 7) is 3.64. The van der Waals surface area contributed by atoms with Gasteiger partial charge in [-0.05, 0) is 56.2 Å². The lowest BCUT2D eigenvalue weighted by Gasteiger charge is -2.41. The zero-order chi connectivity index (χ0) is 23.1. The van der Waals surface area contributed by atoms with E-state index in [9.17, 15) is 14.4 Å². The van der Waals surface area contributed by atoms with E-state index in [0.29, 0.717) is 17.5 Å². The normalized spacial score (nSPS) is 20.3. The maximum atomic E-state index is 13.7. The zero-order valence-electron chi connectivity index (χ0n) is 18.6. The van der Waals surface area contributed by atoms with Gasteiger partial charge in [-0.3, -0.25) is 19.3 Å². The van der Waals surface area contributed by atoms with Crippen LogP contribution in [0.2, 0.25) is 0 Å². The maximum Gasteiger partial charge on any atom is 0.262 e. The van der Waals surface area contributed by atoms with Gasteiger partial charge in [-0.1, -0.05) is 48.5 Å². The molecule has 0 spiro atoms. The van der Waals surface area contributed by atoms with Crippen molar-refractivity contribution >= 4 is 29.1 Å². The summed E-state index contributed by atoms with van der Waals surface area (Å²) in [4.78, 5) is 42.4. The Morgan fingerprint density at radius 1 is 0.879 bits per heavy atom. The molecule has 0 bridgehead atoms. The Kier molecular flexibility index (Phi) is 5.21. The van der Waals surface area contributed by atoms with Gasteiger partial charge >= 0.3 is 0 Å². The van der Waals surface area contributed by atoms with Crippen molar-refractivity contribution in [2.75, 3.05) is 10.2 Å². The number of para-hydroxylation sites is 2. The highest BCUT2D eigenvalue weighted by molar-refractivity contribution is 6.23. The first-order valence-electron chi connectivity index (χ1n) is 11.2. The molecule has 0 aromatic heterocycles. The van der Waals surface area contributed by atoms with Crippen molar-refractivity contribution in [2.24, 2.45) is 0 Å². The largest absolute Gasteiger partial charge is 0.378 e. The van der Waals surface area contributed by atoms with Gasteiger partial charge in [0.1, 0.15) is 6.04 Å². The number of nitrogens with zero attached hydrogens (tertiary/aromatic N) is 2. The van der Waals surface area contributed by atoms with E-state index in [2.05, 4.69) is 5.32 Å². The summed E-state index contributed by atoms with van der Waals surface area (Å²) in [5.41, 5.74) is 3.53. The Morgan fingerprint density at radius 3 is 2.12 bits per heavy atom. The molecule has 5 rings (SSSR count). The van der Waals surface area contributed by atoms with Crippen LogP contribution in [0.5, 0.6) is 0 Å². The number of hydrogen-bond acceptors (Lipinski definition) is 4. The third kappa shape index (κ3) is 3.48. The van der Waals surface area contributed by atoms with Crippen LogP contribution in [-0.2, 0) is 4.79 Å². The summed E-state index contributed by atoms with van der Waals surface area (Å²) < 4.78 is 0. The van der Waals surface area contributed by atoms with Gasteiger partial charge in [-0.25, -0.2) is 0 Å². The topological polar surface area (TPSA) is 69.7 Å². The van der Waals surface area contributed by atoms with Gasteiger partial charge in [0.15, 0.2) is 0 Å². The molecule has 2 aliphatic rings. The number of anilines is 2. The molecular formula is C27H25N3O3. The number of nitrogens with one attached hydrogen (secondary N) is 1. The van der Waals surface area contributed by atoms with E-state index in [-0.39, 0.29) is 18.0 Å². The third-order valence-corrected chi connectivity index (χ3v) is 6.51. The molecule has 0 aliphatic carbocycles. The zero-order valence-corrected chi connectivity index (χ0v) is 18.6. The molecular weight excluding hydrogens is 414 g/mol. The number of rotatable bonds is 4. The van der Waals surface area contributed by atoms with Crippen molar-refractivity contribution in [2.45, 2.75) is 38.4 Å². The predicted molar refractivity (Wildman–Crippen MR) is 127 cm³/mol. The summed E-state index contributed by atoms with van der Waals surface area (Å²) in [6, 6.07) is 23.5. The molecule has 0 radical (unpaired) electrons. The van der Waals surface area contributed by atoms with Crippen LogP contribution < -0.4 is 10.2 Å². The van der Waals surface area contributed by atoms with Crippen molar-refractivity contribution in [1.29, 1.82) is 0 Å². The molecule has 2 aliphatic heterocycles. The second kappa shape index (κ2) is 8.20. The number of carbonyl (C=O) groups excluding carboxylic acids is 3. The smallest absolute Gasteiger partial charge is 0.262 e. The average molecular weight is 440 g/mol. The Labute approximate surface area is 192 Å². The quantitative estimate of drug-likeness (QED) is 0.601. The first-order chi connectivity index (χ1) is 16.0. The van der Waals surface area contributed by atoms with Crippen LogP contribution in [0.25, 0.3) is 0 Å². The molecule has 0 saturated carbocycles. The number of amides is 3. The predicted octanol–water partition coefficient (Wildman–Crippen LogP) is 4.65. The van der Waals surface area contributed by atoms with E-state index in [1.54, 1.807) is 36.1 Å². The van der Waals surface area contributed by atoms with E-state index in [1.807, 2.05) is 61.5 Å². The van der Waals surface area contributed by atoms with Crippen molar-refractivity contribution in [3.05, 3.63) is 95.6 Å². The lowest BCUT2D eigenvalue weighted by atomic mass is 9.90. The Bertz CT molecular complexity index is 1210. The van der Waals surface area contributed by atoms with E-state index in [0.717, 1.165) is 21.8 Å². The highest BCUT2D eigenvalue weighted by Gasteiger charge is 2.44. The second-order valence-electron chi connectivity index (χ2n) is 8.62. The monoisotopic (exact) mass is 439 g/mol. The maximum absolute atomic E-state index is 13.7. The summed E-state index contributed by atoms with van der Waals surface area (Å²) in [7, 11) is 0. The van der Waals surface area contributed by atoms with Gasteiger partial charge in [0, 0.05) is 17.4 Å². The number of carbonyl (C=O) groups is 3. The summed E-state index contributed by atoms with van der Waals surface area (Å²) in [5, 5.41) is 3.58. The summed E-state index contributed by atoms with van der Waals surface area (Å²) >= 11 is 0. The standard InChI is InChI=1S/C27H25N3O3/c1-17-16-23(28-19-10-4-3-5-11-19)22-14-8-9-15-24(22)29(17)25(31)18(2)30-26(32)20-12-6-7-13-21(20)27(30)33/h3-15,17-18,23,28H,16H2,1-2H3/t17-,18-,23+/m0/s1. The van der Waals surface area contributed by atoms with Gasteiger partial charge in [0.25, 0.3) is 11.8 Å². The van der Waals surface area contributed by atoms with Crippen LogP contribution in [0.1, 0.15) is 52.6 Å². The number of benzene rings is 3. The molecule has 0 saturated heterocycles. The lowest BCUT2D eigenvalue weighted by molar-refractivity contribution is -0.122. The second-order valence-corrected chi connectivity index (χ2v) is 8.62. The molecule has 3 atom stereocenters. The van der Waals surface area contributed by atoms with Crippen LogP contribution in [0.4, 0.5) is 11.4 Å². The van der Waals surface area contributed by atoms with E-state index in [4.69, 9.17) is 0 Å². The number of imide groups is 1. The first kappa shape index (κ1) is 20.9. The van der Waals surface area contributed by atoms with Crippen molar-refractivity contribution < 1.29 is 14.4 Å². The molecule has 0 unspecified atom stereocenters. The summed E-state index contributed by atoms with van der Waals surface area (Å²) in [5.74, 6) is -1.10. The van der Waals surface area contributed by atoms with E-state index in [1.165, 1.54) is 0 Å². The van der Waals surface area contributed by atoms with Gasteiger partial charge in [0.2, 0.25) is 5.91 Å². The van der Waals surface area contributed by atoms with E-state index < -0.39 is 17.9 Å². The molecule has 6 nitrogen and oxygen atoms in total. The number of fused-ring (bicyclic) bond motifs is 2. The Balaban J connectivity index is 1.45. The molecule has 2 heterocycles. The fourth-order valence-corrected chi connectivity index (χ4v) is 4.89. The van der Waals surface area contributed by atoms with Crippen LogP contribution in [0.15, 0.2) is 78.9 Å². The number of hydrogen-bond donors (Lipinski definition) is 1. The molecule has 3 amide bonds. The molecule has 3 aromatic rings. The third-order valence-electron chi connectivity index (χ3n) is 6.51. The highest BCUT2D eigenvalue weighted by Crippen LogP contribution is 2.39. The SMILES string of the molecule is C[C@@H](C(=O)N1c2ccccc2[C@H](Nc2ccccc2)C[C@@H]1C)N1C(=O)c2ccccc2C1=O. The highest BCUT2D eigenvalue weighted by atomic mass is 16.2. The van der Waals surface area contributed by atoms with Crippen LogP contribution >= 0.6 is 0 Å². The van der Waals surface area contributed by atoms with Gasteiger partial charge in [0.05, 0.1) is 17.2 Å². The van der Waals surface area contributed by atoms with Gasteiger partial charge in [-0.2, -0.15) is 0 Å². The Morgan fingerprint density at radius 2 is 1.45 bits per heavy atom. The summed E-state index contributed by atoms with van der Waals surface area (Å²) in [6.07, 6.45) is 0.701. The minimum absolute atomic E-state index is 0.0391. The van der Waals surface area contributed by atoms with Crippen molar-refractivity contribution in [3.8, 4) is 0 Å². The average Bonchev–Trinajstić information content (AvgIpc) is 3.09. The van der Waals surface area contributed by atoms with Crippen LogP contribution in [0.3, 0.4) is 0 Å². The van der Waals surface area contributed by atoms with Crippen LogP contribution in [0, 0.1) is 0 Å². The molecule has 1 N–H and O–H groups in total. The van der Waals surface area contributed by atoms with Gasteiger partial charge < -0.3 is 10.2 Å². The fourth-order valence-electron chi connectivity index (χ4n) is 4.89. The minimum Gasteiger partial charge on any atom is -0.378 e. The molecule has 33 heavy (non-hydrogen) atoms. The van der Waals surface area contributed by atoms with Crippen molar-refractivity contribution in [1.82, 2.24) is 4.90 Å². The van der Waals surface area contributed by atoms with E-state index >= 15 is 0 Å². The van der Waals surface area contributed by atoms with Crippen LogP contribution in [-0.4, -0.2) is 34.7 Å². The first-order valence-corrected chi connectivity index (χ1v) is 11.2. The van der Waals surface area contributed by atoms with Gasteiger partial charge in [-0.15, -0.1) is 0 Å². The molecule has 166 valence electrons. The molecule has 6 heteroatoms. The minimum atomic E-state index is -0.911. The Hall–Kier alpha value is -3.93. The fraction of sp³-hybridized carbons (Fsp3) is 0.222. The van der Waals surface area contributed by atoms with Crippen molar-refractivity contribution in [3.63, 3.8) is 0 Å². The molecule has 3 aromatic carbocycles.